The van der Waals surface area contributed by atoms with Gasteiger partial charge in [-0.05, 0) is 12.1 Å². The number of hydrogen-bond acceptors (Lipinski definition) is 3. The van der Waals surface area contributed by atoms with Crippen molar-refractivity contribution >= 4 is 34.6 Å². The SMILES string of the molecule is O=C1CCN(Cc2ccc(Cl)s2)C1=O. The predicted molar refractivity (Wildman–Crippen MR) is 54.4 cm³/mol. The maximum Gasteiger partial charge on any atom is 0.290 e. The molecule has 5 heteroatoms. The van der Waals surface area contributed by atoms with Crippen LogP contribution >= 0.6 is 22.9 Å². The minimum Gasteiger partial charge on any atom is -0.331 e. The first-order valence-corrected chi connectivity index (χ1v) is 5.42. The van der Waals surface area contributed by atoms with Crippen molar-refractivity contribution in [2.45, 2.75) is 13.0 Å². The molecule has 1 amide bonds. The van der Waals surface area contributed by atoms with Gasteiger partial charge in [-0.25, -0.2) is 0 Å². The molecule has 1 aromatic rings. The van der Waals surface area contributed by atoms with E-state index in [1.54, 1.807) is 11.0 Å². The number of carbonyl (C=O) groups is 2. The number of halogens is 1. The number of Topliss-reactive ketones (excluding diaryl/α,β-unsaturated/α-hetero) is 1. The summed E-state index contributed by atoms with van der Waals surface area (Å²) in [4.78, 5) is 24.8. The Hall–Kier alpha value is -0.870. The van der Waals surface area contributed by atoms with Crippen molar-refractivity contribution in [3.8, 4) is 0 Å². The zero-order valence-corrected chi connectivity index (χ0v) is 8.90. The highest BCUT2D eigenvalue weighted by Crippen LogP contribution is 2.23. The third-order valence-corrected chi connectivity index (χ3v) is 3.33. The molecule has 0 radical (unpaired) electrons. The van der Waals surface area contributed by atoms with Crippen LogP contribution in [0.5, 0.6) is 0 Å². The minimum atomic E-state index is -0.366. The number of thiophene rings is 1. The molecule has 14 heavy (non-hydrogen) atoms. The van der Waals surface area contributed by atoms with Crippen LogP contribution in [-0.4, -0.2) is 23.1 Å². The summed E-state index contributed by atoms with van der Waals surface area (Å²) < 4.78 is 0.706. The van der Waals surface area contributed by atoms with Crippen molar-refractivity contribution < 1.29 is 9.59 Å². The lowest BCUT2D eigenvalue weighted by molar-refractivity contribution is -0.140. The third kappa shape index (κ3) is 1.81. The van der Waals surface area contributed by atoms with Gasteiger partial charge in [0, 0.05) is 17.8 Å². The molecule has 0 N–H and O–H groups in total. The van der Waals surface area contributed by atoms with Crippen LogP contribution < -0.4 is 0 Å². The molecular formula is C9H8ClNO2S. The van der Waals surface area contributed by atoms with Gasteiger partial charge in [0.05, 0.1) is 10.9 Å². The van der Waals surface area contributed by atoms with E-state index in [0.29, 0.717) is 23.8 Å². The van der Waals surface area contributed by atoms with Crippen molar-refractivity contribution in [2.75, 3.05) is 6.54 Å². The summed E-state index contributed by atoms with van der Waals surface area (Å²) in [6, 6.07) is 3.67. The first-order chi connectivity index (χ1) is 6.66. The van der Waals surface area contributed by atoms with Crippen LogP contribution in [-0.2, 0) is 16.1 Å². The first kappa shape index (κ1) is 9.68. The summed E-state index contributed by atoms with van der Waals surface area (Å²) in [6.45, 7) is 1.04. The number of rotatable bonds is 2. The van der Waals surface area contributed by atoms with Crippen LogP contribution in [0.15, 0.2) is 12.1 Å². The summed E-state index contributed by atoms with van der Waals surface area (Å²) in [6.07, 6.45) is 0.345. The largest absolute Gasteiger partial charge is 0.331 e. The third-order valence-electron chi connectivity index (χ3n) is 2.11. The fourth-order valence-corrected chi connectivity index (χ4v) is 2.50. The van der Waals surface area contributed by atoms with Gasteiger partial charge in [-0.1, -0.05) is 11.6 Å². The number of nitrogens with zero attached hydrogens (tertiary/aromatic N) is 1. The van der Waals surface area contributed by atoms with Crippen molar-refractivity contribution in [1.29, 1.82) is 0 Å². The number of carbonyl (C=O) groups excluding carboxylic acids is 2. The summed E-state index contributed by atoms with van der Waals surface area (Å²) in [5, 5.41) is 0. The number of hydrogen-bond donors (Lipinski definition) is 0. The van der Waals surface area contributed by atoms with Crippen molar-refractivity contribution in [3.63, 3.8) is 0 Å². The van der Waals surface area contributed by atoms with Crippen molar-refractivity contribution in [1.82, 2.24) is 4.90 Å². The topological polar surface area (TPSA) is 37.4 Å². The summed E-state index contributed by atoms with van der Waals surface area (Å²) in [7, 11) is 0. The first-order valence-electron chi connectivity index (χ1n) is 4.23. The molecule has 0 aliphatic carbocycles. The van der Waals surface area contributed by atoms with Gasteiger partial charge < -0.3 is 4.90 Å². The summed E-state index contributed by atoms with van der Waals surface area (Å²) >= 11 is 7.20. The second-order valence-electron chi connectivity index (χ2n) is 3.11. The lowest BCUT2D eigenvalue weighted by Crippen LogP contribution is -2.26. The van der Waals surface area contributed by atoms with Crippen LogP contribution in [0.4, 0.5) is 0 Å². The van der Waals surface area contributed by atoms with Crippen LogP contribution in [0.25, 0.3) is 0 Å². The van der Waals surface area contributed by atoms with E-state index in [4.69, 9.17) is 11.6 Å². The molecule has 1 aromatic heterocycles. The van der Waals surface area contributed by atoms with E-state index in [2.05, 4.69) is 0 Å². The number of amides is 1. The van der Waals surface area contributed by atoms with E-state index < -0.39 is 0 Å². The van der Waals surface area contributed by atoms with Gasteiger partial charge in [-0.15, -0.1) is 11.3 Å². The molecule has 0 bridgehead atoms. The molecule has 2 heterocycles. The van der Waals surface area contributed by atoms with Crippen LogP contribution in [0, 0.1) is 0 Å². The Labute approximate surface area is 90.3 Å². The second-order valence-corrected chi connectivity index (χ2v) is 4.91. The van der Waals surface area contributed by atoms with E-state index in [1.165, 1.54) is 11.3 Å². The van der Waals surface area contributed by atoms with E-state index >= 15 is 0 Å². The molecule has 0 unspecified atom stereocenters. The fraction of sp³-hybridized carbons (Fsp3) is 0.333. The second kappa shape index (κ2) is 3.71. The number of ketones is 1. The Bertz CT molecular complexity index is 388. The summed E-state index contributed by atoms with van der Waals surface area (Å²) in [5.74, 6) is -0.651. The maximum absolute atomic E-state index is 11.3. The number of likely N-dealkylation sites (tertiary alicyclic amines) is 1. The van der Waals surface area contributed by atoms with E-state index in [-0.39, 0.29) is 11.7 Å². The zero-order valence-electron chi connectivity index (χ0n) is 7.33. The molecule has 1 saturated heterocycles. The highest BCUT2D eigenvalue weighted by atomic mass is 35.5. The fourth-order valence-electron chi connectivity index (χ4n) is 1.40. The molecule has 74 valence electrons. The Kier molecular flexibility index (Phi) is 2.56. The quantitative estimate of drug-likeness (QED) is 0.724. The van der Waals surface area contributed by atoms with Gasteiger partial charge in [-0.3, -0.25) is 9.59 Å². The van der Waals surface area contributed by atoms with E-state index in [0.717, 1.165) is 4.88 Å². The maximum atomic E-state index is 11.3. The molecule has 1 fully saturated rings. The normalized spacial score (nSPS) is 16.8. The minimum absolute atomic E-state index is 0.285. The summed E-state index contributed by atoms with van der Waals surface area (Å²) in [5.41, 5.74) is 0. The lowest BCUT2D eigenvalue weighted by atomic mass is 10.3. The molecule has 0 aromatic carbocycles. The van der Waals surface area contributed by atoms with Crippen LogP contribution in [0.1, 0.15) is 11.3 Å². The Morgan fingerprint density at radius 2 is 2.21 bits per heavy atom. The van der Waals surface area contributed by atoms with Gasteiger partial charge in [0.2, 0.25) is 5.78 Å². The Morgan fingerprint density at radius 3 is 2.71 bits per heavy atom. The average Bonchev–Trinajstić information content (AvgIpc) is 2.67. The van der Waals surface area contributed by atoms with Gasteiger partial charge in [-0.2, -0.15) is 0 Å². The van der Waals surface area contributed by atoms with Gasteiger partial charge in [0.15, 0.2) is 0 Å². The molecule has 3 nitrogen and oxygen atoms in total. The Balaban J connectivity index is 2.05. The van der Waals surface area contributed by atoms with Crippen molar-refractivity contribution in [3.05, 3.63) is 21.3 Å². The van der Waals surface area contributed by atoms with Crippen LogP contribution in [0.2, 0.25) is 4.34 Å². The Morgan fingerprint density at radius 1 is 1.43 bits per heavy atom. The smallest absolute Gasteiger partial charge is 0.290 e. The standard InChI is InChI=1S/C9H8ClNO2S/c10-8-2-1-6(14-8)5-11-4-3-7(12)9(11)13/h1-2H,3-5H2. The highest BCUT2D eigenvalue weighted by molar-refractivity contribution is 7.16. The predicted octanol–water partition coefficient (Wildman–Crippen LogP) is 1.70. The molecular weight excluding hydrogens is 222 g/mol. The monoisotopic (exact) mass is 229 g/mol. The van der Waals surface area contributed by atoms with Gasteiger partial charge in [0.1, 0.15) is 0 Å². The molecule has 0 spiro atoms. The lowest BCUT2D eigenvalue weighted by Gasteiger charge is -2.12. The molecule has 0 atom stereocenters. The van der Waals surface area contributed by atoms with E-state index in [9.17, 15) is 9.59 Å². The average molecular weight is 230 g/mol. The molecule has 0 saturated carbocycles. The molecule has 1 aliphatic heterocycles. The van der Waals surface area contributed by atoms with Crippen molar-refractivity contribution in [2.24, 2.45) is 0 Å². The van der Waals surface area contributed by atoms with Gasteiger partial charge >= 0.3 is 0 Å². The zero-order chi connectivity index (χ0) is 10.1. The molecule has 1 aliphatic rings. The van der Waals surface area contributed by atoms with E-state index in [1.807, 2.05) is 6.07 Å². The van der Waals surface area contributed by atoms with Gasteiger partial charge in [0.25, 0.3) is 5.91 Å². The highest BCUT2D eigenvalue weighted by Gasteiger charge is 2.29. The molecule has 2 rings (SSSR count). The van der Waals surface area contributed by atoms with Crippen LogP contribution in [0.3, 0.4) is 0 Å².